The Balaban J connectivity index is 1.53. The van der Waals surface area contributed by atoms with Crippen molar-refractivity contribution in [1.82, 2.24) is 23.9 Å². The normalized spacial score (nSPS) is 15.9. The average Bonchev–Trinajstić information content (AvgIpc) is 3.73. The maximum absolute atomic E-state index is 13.9. The first-order valence-corrected chi connectivity index (χ1v) is 11.3. The van der Waals surface area contributed by atoms with Crippen LogP contribution in [0.3, 0.4) is 0 Å². The van der Waals surface area contributed by atoms with Crippen LogP contribution in [0.15, 0.2) is 48.8 Å². The van der Waals surface area contributed by atoms with Crippen LogP contribution in [0.4, 0.5) is 8.28 Å². The number of benzene rings is 1. The fourth-order valence-corrected chi connectivity index (χ4v) is 4.49. The van der Waals surface area contributed by atoms with Gasteiger partial charge in [-0.1, -0.05) is 0 Å². The molecule has 0 spiro atoms. The molecule has 0 bridgehead atoms. The molecular weight excluding hydrogens is 432 g/mol. The van der Waals surface area contributed by atoms with Crippen LogP contribution in [0, 0.1) is 5.82 Å². The minimum atomic E-state index is -0.344. The van der Waals surface area contributed by atoms with Crippen LogP contribution in [0.1, 0.15) is 47.8 Å². The number of carbonyl (C=O) groups excluding carboxylic acids is 1. The van der Waals surface area contributed by atoms with Gasteiger partial charge in [0.25, 0.3) is 5.91 Å². The van der Waals surface area contributed by atoms with Crippen LogP contribution < -0.4 is 5.32 Å². The van der Waals surface area contributed by atoms with E-state index >= 15 is 0 Å². The number of carbonyl (C=O) groups is 1. The number of hydrogen-bond acceptors (Lipinski definition) is 4. The molecule has 2 aliphatic rings. The van der Waals surface area contributed by atoms with Gasteiger partial charge < -0.3 is 5.32 Å². The second-order valence-electron chi connectivity index (χ2n) is 8.37. The number of hydrogen-bond donors (Lipinski definition) is 1. The summed E-state index contributed by atoms with van der Waals surface area (Å²) in [6, 6.07) is 10.0. The summed E-state index contributed by atoms with van der Waals surface area (Å²) in [5, 5.41) is 7.52. The van der Waals surface area contributed by atoms with Gasteiger partial charge in [0, 0.05) is 34.8 Å². The molecule has 1 amide bonds. The number of rotatable bonds is 6. The Morgan fingerprint density at radius 1 is 1.06 bits per heavy atom. The molecule has 0 atom stereocenters. The zero-order chi connectivity index (χ0) is 21.8. The third-order valence-corrected chi connectivity index (χ3v) is 6.39. The van der Waals surface area contributed by atoms with Crippen molar-refractivity contribution >= 4 is 23.9 Å². The highest BCUT2D eigenvalue weighted by molar-refractivity contribution is 7.92. The summed E-state index contributed by atoms with van der Waals surface area (Å²) in [6.07, 6.45) is 7.35. The Hall–Kier alpha value is -3.20. The molecule has 3 heterocycles. The molecule has 2 fully saturated rings. The summed E-state index contributed by atoms with van der Waals surface area (Å²) < 4.78 is 30.5. The van der Waals surface area contributed by atoms with Gasteiger partial charge in [0.1, 0.15) is 22.9 Å². The lowest BCUT2D eigenvalue weighted by atomic mass is 9.98. The van der Waals surface area contributed by atoms with Crippen molar-refractivity contribution in [3.05, 3.63) is 66.0 Å². The molecule has 0 aliphatic heterocycles. The summed E-state index contributed by atoms with van der Waals surface area (Å²) in [5.74, 6) is -0.289. The topological polar surface area (TPSA) is 64.2 Å². The molecule has 0 unspecified atom stereocenters. The average molecular weight is 452 g/mol. The van der Waals surface area contributed by atoms with Crippen molar-refractivity contribution in [3.8, 4) is 22.4 Å². The minimum Gasteiger partial charge on any atom is -0.348 e. The van der Waals surface area contributed by atoms with E-state index in [4.69, 9.17) is 0 Å². The quantitative estimate of drug-likeness (QED) is 0.440. The van der Waals surface area contributed by atoms with E-state index in [1.807, 2.05) is 18.3 Å². The van der Waals surface area contributed by atoms with Crippen molar-refractivity contribution in [2.75, 3.05) is 0 Å². The van der Waals surface area contributed by atoms with Gasteiger partial charge in [0.05, 0.1) is 11.9 Å². The summed E-state index contributed by atoms with van der Waals surface area (Å²) in [6.45, 7) is 0. The van der Waals surface area contributed by atoms with Gasteiger partial charge in [-0.3, -0.25) is 9.20 Å². The molecule has 0 radical (unpaired) electrons. The second kappa shape index (κ2) is 7.44. The van der Waals surface area contributed by atoms with Crippen LogP contribution in [0.5, 0.6) is 0 Å². The summed E-state index contributed by atoms with van der Waals surface area (Å²) in [5.41, 5.74) is 4.80. The third-order valence-electron chi connectivity index (χ3n) is 5.98. The van der Waals surface area contributed by atoms with Gasteiger partial charge in [-0.05, 0) is 62.1 Å². The fraction of sp³-hybridized carbons (Fsp3) is 0.261. The Kier molecular flexibility index (Phi) is 4.53. The van der Waals surface area contributed by atoms with Crippen molar-refractivity contribution in [2.24, 2.45) is 0 Å². The number of nitrogens with one attached hydrogen (secondary N) is 1. The smallest absolute Gasteiger partial charge is 0.270 e. The number of halogens is 2. The van der Waals surface area contributed by atoms with E-state index in [0.717, 1.165) is 42.5 Å². The maximum Gasteiger partial charge on any atom is 0.270 e. The predicted octanol–water partition coefficient (Wildman–Crippen LogP) is 5.15. The molecule has 6 nitrogen and oxygen atoms in total. The van der Waals surface area contributed by atoms with Crippen LogP contribution in [0.25, 0.3) is 28.0 Å². The zero-order valence-corrected chi connectivity index (χ0v) is 17.8. The molecular formula is C23H19F2N5OS. The third kappa shape index (κ3) is 3.37. The Labute approximate surface area is 187 Å². The first-order valence-electron chi connectivity index (χ1n) is 10.6. The maximum atomic E-state index is 13.9. The molecule has 0 saturated heterocycles. The van der Waals surface area contributed by atoms with Gasteiger partial charge in [0.15, 0.2) is 12.3 Å². The Bertz CT molecular complexity index is 1340. The SMILES string of the molecule is O=C(NC1CC1)c1cnc2ccc(-c3c(-c4ccc(F)cc4)nn(SF)c3C3CC3)cn12. The highest BCUT2D eigenvalue weighted by Gasteiger charge is 2.34. The first-order chi connectivity index (χ1) is 15.6. The van der Waals surface area contributed by atoms with Gasteiger partial charge in [0.2, 0.25) is 0 Å². The van der Waals surface area contributed by atoms with E-state index in [1.54, 1.807) is 22.7 Å². The highest BCUT2D eigenvalue weighted by atomic mass is 32.2. The van der Waals surface area contributed by atoms with Gasteiger partial charge >= 0.3 is 0 Å². The van der Waals surface area contributed by atoms with E-state index in [-0.39, 0.29) is 36.0 Å². The van der Waals surface area contributed by atoms with Crippen molar-refractivity contribution in [2.45, 2.75) is 37.6 Å². The molecule has 9 heteroatoms. The van der Waals surface area contributed by atoms with Crippen molar-refractivity contribution in [3.63, 3.8) is 0 Å². The lowest BCUT2D eigenvalue weighted by Gasteiger charge is -2.09. The van der Waals surface area contributed by atoms with Gasteiger partial charge in [-0.15, -0.1) is 3.89 Å². The number of fused-ring (bicyclic) bond motifs is 1. The molecule has 1 aromatic carbocycles. The summed E-state index contributed by atoms with van der Waals surface area (Å²) >= 11 is 0.0666. The van der Waals surface area contributed by atoms with Crippen molar-refractivity contribution < 1.29 is 13.1 Å². The van der Waals surface area contributed by atoms with Crippen LogP contribution in [-0.4, -0.2) is 30.5 Å². The number of amides is 1. The monoisotopic (exact) mass is 451 g/mol. The number of imidazole rings is 1. The first kappa shape index (κ1) is 19.5. The molecule has 2 saturated carbocycles. The predicted molar refractivity (Wildman–Crippen MR) is 118 cm³/mol. The van der Waals surface area contributed by atoms with Crippen LogP contribution >= 0.6 is 12.3 Å². The van der Waals surface area contributed by atoms with E-state index in [2.05, 4.69) is 15.4 Å². The van der Waals surface area contributed by atoms with Crippen LogP contribution in [-0.2, 0) is 0 Å². The van der Waals surface area contributed by atoms with E-state index in [1.165, 1.54) is 16.2 Å². The van der Waals surface area contributed by atoms with Gasteiger partial charge in [-0.25, -0.2) is 9.37 Å². The Morgan fingerprint density at radius 2 is 1.81 bits per heavy atom. The fourth-order valence-electron chi connectivity index (χ4n) is 4.06. The number of pyridine rings is 1. The molecule has 3 aromatic heterocycles. The lowest BCUT2D eigenvalue weighted by molar-refractivity contribution is 0.0945. The number of aromatic nitrogens is 4. The summed E-state index contributed by atoms with van der Waals surface area (Å²) in [7, 11) is 0. The van der Waals surface area contributed by atoms with Crippen LogP contribution in [0.2, 0.25) is 0 Å². The molecule has 4 aromatic rings. The lowest BCUT2D eigenvalue weighted by Crippen LogP contribution is -2.26. The van der Waals surface area contributed by atoms with Crippen molar-refractivity contribution in [1.29, 1.82) is 0 Å². The molecule has 32 heavy (non-hydrogen) atoms. The van der Waals surface area contributed by atoms with E-state index in [9.17, 15) is 13.1 Å². The zero-order valence-electron chi connectivity index (χ0n) is 17.0. The molecule has 2 aliphatic carbocycles. The Morgan fingerprint density at radius 3 is 2.50 bits per heavy atom. The highest BCUT2D eigenvalue weighted by Crippen LogP contribution is 2.48. The number of nitrogens with zero attached hydrogens (tertiary/aromatic N) is 4. The summed E-state index contributed by atoms with van der Waals surface area (Å²) in [4.78, 5) is 17.1. The largest absolute Gasteiger partial charge is 0.348 e. The molecule has 1 N–H and O–H groups in total. The molecule has 162 valence electrons. The minimum absolute atomic E-state index is 0.0666. The second-order valence-corrected chi connectivity index (χ2v) is 8.85. The van der Waals surface area contributed by atoms with E-state index < -0.39 is 0 Å². The van der Waals surface area contributed by atoms with E-state index in [0.29, 0.717) is 22.6 Å². The van der Waals surface area contributed by atoms with Gasteiger partial charge in [-0.2, -0.15) is 9.19 Å². The molecule has 6 rings (SSSR count). The standard InChI is InChI=1S/C23H19F2N5OS/c24-16-6-3-13(4-7-16)21-20(22(14-1-2-14)30(28-21)32-25)15-5-10-19-26-11-18(29(19)12-15)23(31)27-17-8-9-17/h3-7,10-12,14,17H,1-2,8-9H2,(H,27,31).